The molecular formula is C11H13N. The Morgan fingerprint density at radius 3 is 2.83 bits per heavy atom. The molecule has 0 atom stereocenters. The van der Waals surface area contributed by atoms with Gasteiger partial charge in [-0.15, -0.1) is 0 Å². The van der Waals surface area contributed by atoms with Crippen molar-refractivity contribution in [1.82, 2.24) is 5.32 Å². The van der Waals surface area contributed by atoms with E-state index in [1.165, 1.54) is 22.3 Å². The van der Waals surface area contributed by atoms with Crippen LogP contribution in [0.25, 0.3) is 5.70 Å². The summed E-state index contributed by atoms with van der Waals surface area (Å²) in [5.74, 6) is 0. The molecule has 2 rings (SSSR count). The summed E-state index contributed by atoms with van der Waals surface area (Å²) in [7, 11) is 0. The van der Waals surface area contributed by atoms with Crippen LogP contribution in [0.15, 0.2) is 18.7 Å². The summed E-state index contributed by atoms with van der Waals surface area (Å²) in [6, 6.07) is 4.36. The second kappa shape index (κ2) is 2.37. The number of rotatable bonds is 0. The predicted molar refractivity (Wildman–Crippen MR) is 51.8 cm³/mol. The lowest BCUT2D eigenvalue weighted by atomic mass is 9.99. The first-order chi connectivity index (χ1) is 5.70. The fourth-order valence-electron chi connectivity index (χ4n) is 1.73. The van der Waals surface area contributed by atoms with Crippen molar-refractivity contribution in [2.75, 3.05) is 0 Å². The van der Waals surface area contributed by atoms with Crippen molar-refractivity contribution in [2.45, 2.75) is 20.4 Å². The summed E-state index contributed by atoms with van der Waals surface area (Å²) in [5, 5.41) is 3.26. The third-order valence-electron chi connectivity index (χ3n) is 2.62. The number of nitrogens with one attached hydrogen (secondary N) is 1. The van der Waals surface area contributed by atoms with E-state index >= 15 is 0 Å². The lowest BCUT2D eigenvalue weighted by Crippen LogP contribution is -1.98. The molecule has 1 heterocycles. The number of fused-ring (bicyclic) bond motifs is 1. The molecule has 1 aromatic carbocycles. The molecule has 0 spiro atoms. The van der Waals surface area contributed by atoms with Gasteiger partial charge in [0, 0.05) is 17.8 Å². The zero-order valence-corrected chi connectivity index (χ0v) is 7.57. The Morgan fingerprint density at radius 2 is 2.08 bits per heavy atom. The van der Waals surface area contributed by atoms with Gasteiger partial charge in [0.1, 0.15) is 0 Å². The lowest BCUT2D eigenvalue weighted by molar-refractivity contribution is 0.946. The van der Waals surface area contributed by atoms with E-state index in [-0.39, 0.29) is 0 Å². The zero-order chi connectivity index (χ0) is 8.72. The van der Waals surface area contributed by atoms with Crippen LogP contribution in [-0.2, 0) is 6.54 Å². The fourth-order valence-corrected chi connectivity index (χ4v) is 1.73. The van der Waals surface area contributed by atoms with Gasteiger partial charge >= 0.3 is 0 Å². The number of hydrogen-bond acceptors (Lipinski definition) is 1. The van der Waals surface area contributed by atoms with Gasteiger partial charge in [-0.2, -0.15) is 0 Å². The standard InChI is InChI=1S/C11H13N/c1-7-4-5-10-6-12-9(3)11(10)8(7)2/h4-5,12H,3,6H2,1-2H3. The van der Waals surface area contributed by atoms with Gasteiger partial charge in [-0.3, -0.25) is 0 Å². The third-order valence-corrected chi connectivity index (χ3v) is 2.62. The van der Waals surface area contributed by atoms with E-state index in [2.05, 4.69) is 37.9 Å². The Labute approximate surface area is 73.1 Å². The molecule has 1 nitrogen and oxygen atoms in total. The van der Waals surface area contributed by atoms with Crippen molar-refractivity contribution in [3.05, 3.63) is 41.0 Å². The van der Waals surface area contributed by atoms with Crippen LogP contribution in [0.5, 0.6) is 0 Å². The largest absolute Gasteiger partial charge is 0.381 e. The average Bonchev–Trinajstić information content (AvgIpc) is 2.41. The molecule has 12 heavy (non-hydrogen) atoms. The molecule has 1 aromatic rings. The highest BCUT2D eigenvalue weighted by molar-refractivity contribution is 5.72. The van der Waals surface area contributed by atoms with E-state index in [0.717, 1.165) is 12.2 Å². The highest BCUT2D eigenvalue weighted by Crippen LogP contribution is 2.27. The topological polar surface area (TPSA) is 12.0 Å². The van der Waals surface area contributed by atoms with Crippen LogP contribution in [0.4, 0.5) is 0 Å². The summed E-state index contributed by atoms with van der Waals surface area (Å²) in [6.45, 7) is 9.23. The number of benzene rings is 1. The maximum Gasteiger partial charge on any atom is 0.0407 e. The Hall–Kier alpha value is -1.24. The van der Waals surface area contributed by atoms with Gasteiger partial charge in [-0.25, -0.2) is 0 Å². The normalized spacial score (nSPS) is 14.3. The first-order valence-corrected chi connectivity index (χ1v) is 4.22. The Kier molecular flexibility index (Phi) is 1.47. The summed E-state index contributed by atoms with van der Waals surface area (Å²) < 4.78 is 0. The van der Waals surface area contributed by atoms with Crippen molar-refractivity contribution in [3.8, 4) is 0 Å². The molecule has 0 aliphatic carbocycles. The van der Waals surface area contributed by atoms with E-state index in [4.69, 9.17) is 0 Å². The molecule has 1 aliphatic rings. The minimum atomic E-state index is 0.940. The quantitative estimate of drug-likeness (QED) is 0.613. The molecule has 0 saturated heterocycles. The van der Waals surface area contributed by atoms with E-state index in [9.17, 15) is 0 Å². The Bertz CT molecular complexity index is 350. The minimum Gasteiger partial charge on any atom is -0.381 e. The fraction of sp³-hybridized carbons (Fsp3) is 0.273. The molecule has 0 bridgehead atoms. The maximum atomic E-state index is 3.99. The molecule has 1 aliphatic heterocycles. The van der Waals surface area contributed by atoms with Gasteiger partial charge < -0.3 is 5.32 Å². The summed E-state index contributed by atoms with van der Waals surface area (Å²) in [4.78, 5) is 0. The molecule has 0 amide bonds. The summed E-state index contributed by atoms with van der Waals surface area (Å²) in [5.41, 5.74) is 6.49. The monoisotopic (exact) mass is 159 g/mol. The smallest absolute Gasteiger partial charge is 0.0407 e. The van der Waals surface area contributed by atoms with Gasteiger partial charge in [0.25, 0.3) is 0 Å². The van der Waals surface area contributed by atoms with Crippen LogP contribution >= 0.6 is 0 Å². The molecule has 0 unspecified atom stereocenters. The lowest BCUT2D eigenvalue weighted by Gasteiger charge is -2.06. The van der Waals surface area contributed by atoms with Gasteiger partial charge in [-0.1, -0.05) is 18.7 Å². The predicted octanol–water partition coefficient (Wildman–Crippen LogP) is 2.38. The molecule has 0 radical (unpaired) electrons. The molecule has 0 aromatic heterocycles. The number of aryl methyl sites for hydroxylation is 1. The molecule has 1 heteroatoms. The molecule has 0 fully saturated rings. The van der Waals surface area contributed by atoms with Gasteiger partial charge in [0.15, 0.2) is 0 Å². The second-order valence-corrected chi connectivity index (χ2v) is 3.37. The van der Waals surface area contributed by atoms with Crippen molar-refractivity contribution >= 4 is 5.70 Å². The Balaban J connectivity index is 2.71. The first-order valence-electron chi connectivity index (χ1n) is 4.22. The zero-order valence-electron chi connectivity index (χ0n) is 7.57. The second-order valence-electron chi connectivity index (χ2n) is 3.37. The van der Waals surface area contributed by atoms with Crippen LogP contribution < -0.4 is 5.32 Å². The van der Waals surface area contributed by atoms with Crippen LogP contribution in [-0.4, -0.2) is 0 Å². The van der Waals surface area contributed by atoms with Crippen LogP contribution in [0.1, 0.15) is 22.3 Å². The average molecular weight is 159 g/mol. The highest BCUT2D eigenvalue weighted by atomic mass is 14.9. The minimum absolute atomic E-state index is 0.940. The van der Waals surface area contributed by atoms with Crippen molar-refractivity contribution in [1.29, 1.82) is 0 Å². The van der Waals surface area contributed by atoms with Crippen LogP contribution in [0.2, 0.25) is 0 Å². The van der Waals surface area contributed by atoms with Crippen LogP contribution in [0.3, 0.4) is 0 Å². The summed E-state index contributed by atoms with van der Waals surface area (Å²) in [6.07, 6.45) is 0. The van der Waals surface area contributed by atoms with E-state index in [1.54, 1.807) is 0 Å². The first kappa shape index (κ1) is 7.41. The SMILES string of the molecule is C=C1NCc2ccc(C)c(C)c21. The van der Waals surface area contributed by atoms with Crippen molar-refractivity contribution in [3.63, 3.8) is 0 Å². The molecule has 62 valence electrons. The summed E-state index contributed by atoms with van der Waals surface area (Å²) >= 11 is 0. The van der Waals surface area contributed by atoms with E-state index in [1.807, 2.05) is 0 Å². The van der Waals surface area contributed by atoms with Crippen molar-refractivity contribution in [2.24, 2.45) is 0 Å². The van der Waals surface area contributed by atoms with Gasteiger partial charge in [0.2, 0.25) is 0 Å². The maximum absolute atomic E-state index is 3.99. The third kappa shape index (κ3) is 0.860. The molecular weight excluding hydrogens is 146 g/mol. The molecule has 1 N–H and O–H groups in total. The van der Waals surface area contributed by atoms with E-state index in [0.29, 0.717) is 0 Å². The molecule has 0 saturated carbocycles. The number of hydrogen-bond donors (Lipinski definition) is 1. The van der Waals surface area contributed by atoms with E-state index < -0.39 is 0 Å². The van der Waals surface area contributed by atoms with Crippen molar-refractivity contribution < 1.29 is 0 Å². The van der Waals surface area contributed by atoms with Gasteiger partial charge in [-0.05, 0) is 30.5 Å². The highest BCUT2D eigenvalue weighted by Gasteiger charge is 2.16. The van der Waals surface area contributed by atoms with Gasteiger partial charge in [0.05, 0.1) is 0 Å². The van der Waals surface area contributed by atoms with Crippen LogP contribution in [0, 0.1) is 13.8 Å². The Morgan fingerprint density at radius 1 is 1.33 bits per heavy atom.